The van der Waals surface area contributed by atoms with E-state index in [1.807, 2.05) is 0 Å². The second-order valence-corrected chi connectivity index (χ2v) is 7.84. The van der Waals surface area contributed by atoms with Gasteiger partial charge in [0, 0.05) is 18.3 Å². The van der Waals surface area contributed by atoms with Gasteiger partial charge in [0.25, 0.3) is 0 Å². The molecule has 2 unspecified atom stereocenters. The molecule has 1 rings (SSSR count). The van der Waals surface area contributed by atoms with Crippen LogP contribution in [0.15, 0.2) is 0 Å². The highest BCUT2D eigenvalue weighted by atomic mass is 32.2. The van der Waals surface area contributed by atoms with Crippen LogP contribution < -0.4 is 5.32 Å². The Morgan fingerprint density at radius 2 is 1.94 bits per heavy atom. The number of hydrogen-bond acceptors (Lipinski definition) is 4. The van der Waals surface area contributed by atoms with Crippen molar-refractivity contribution in [1.82, 2.24) is 10.2 Å². The second kappa shape index (κ2) is 7.46. The maximum absolute atomic E-state index is 11.1. The molecule has 0 bridgehead atoms. The molecule has 4 nitrogen and oxygen atoms in total. The van der Waals surface area contributed by atoms with E-state index in [1.165, 1.54) is 19.1 Å². The predicted octanol–water partition coefficient (Wildman–Crippen LogP) is 1.27. The lowest BCUT2D eigenvalue weighted by molar-refractivity contribution is 0.213. The predicted molar refractivity (Wildman–Crippen MR) is 76.7 cm³/mol. The zero-order valence-electron chi connectivity index (χ0n) is 12.0. The Morgan fingerprint density at radius 1 is 1.28 bits per heavy atom. The third-order valence-electron chi connectivity index (χ3n) is 3.67. The van der Waals surface area contributed by atoms with Gasteiger partial charge in [0.1, 0.15) is 9.84 Å². The molecule has 5 heteroatoms. The highest BCUT2D eigenvalue weighted by molar-refractivity contribution is 7.90. The zero-order valence-corrected chi connectivity index (χ0v) is 12.8. The lowest BCUT2D eigenvalue weighted by Gasteiger charge is -2.31. The zero-order chi connectivity index (χ0) is 13.6. The molecule has 1 aliphatic heterocycles. The molecular weight excluding hydrogens is 248 g/mol. The van der Waals surface area contributed by atoms with Gasteiger partial charge in [0.15, 0.2) is 0 Å². The lowest BCUT2D eigenvalue weighted by atomic mass is 10.1. The van der Waals surface area contributed by atoms with Crippen LogP contribution in [0.25, 0.3) is 0 Å². The maximum Gasteiger partial charge on any atom is 0.147 e. The molecule has 1 heterocycles. The first kappa shape index (κ1) is 15.9. The van der Waals surface area contributed by atoms with Crippen molar-refractivity contribution >= 4 is 9.84 Å². The summed E-state index contributed by atoms with van der Waals surface area (Å²) in [6, 6.07) is 1.17. The third-order valence-corrected chi connectivity index (χ3v) is 4.70. The van der Waals surface area contributed by atoms with Crippen LogP contribution in [-0.2, 0) is 9.84 Å². The van der Waals surface area contributed by atoms with Crippen LogP contribution in [0.1, 0.15) is 39.5 Å². The normalized spacial score (nSPS) is 27.7. The summed E-state index contributed by atoms with van der Waals surface area (Å²) < 4.78 is 22.2. The van der Waals surface area contributed by atoms with Crippen LogP contribution in [-0.4, -0.2) is 57.0 Å². The third kappa shape index (κ3) is 6.71. The Hall–Kier alpha value is -0.130. The first-order valence-corrected chi connectivity index (χ1v) is 9.13. The van der Waals surface area contributed by atoms with E-state index in [-0.39, 0.29) is 0 Å². The molecule has 0 amide bonds. The van der Waals surface area contributed by atoms with E-state index in [9.17, 15) is 8.42 Å². The molecule has 108 valence electrons. The standard InChI is InChI=1S/C13H28N2O2S/c1-4-13-7-10-15(9-6-12(2)14-13)8-5-11-18(3,16)17/h12-14H,4-11H2,1-3H3. The monoisotopic (exact) mass is 276 g/mol. The van der Waals surface area contributed by atoms with Crippen molar-refractivity contribution in [3.05, 3.63) is 0 Å². The summed E-state index contributed by atoms with van der Waals surface area (Å²) in [4.78, 5) is 2.42. The SMILES string of the molecule is CCC1CCN(CCCS(C)(=O)=O)CCC(C)N1. The van der Waals surface area contributed by atoms with Crippen molar-refractivity contribution in [3.63, 3.8) is 0 Å². The van der Waals surface area contributed by atoms with Gasteiger partial charge in [-0.3, -0.25) is 0 Å². The van der Waals surface area contributed by atoms with Gasteiger partial charge in [-0.2, -0.15) is 0 Å². The van der Waals surface area contributed by atoms with Crippen molar-refractivity contribution in [2.45, 2.75) is 51.6 Å². The summed E-state index contributed by atoms with van der Waals surface area (Å²) in [6.07, 6.45) is 5.56. The Morgan fingerprint density at radius 3 is 2.56 bits per heavy atom. The first-order valence-electron chi connectivity index (χ1n) is 7.07. The molecule has 0 saturated carbocycles. The van der Waals surface area contributed by atoms with Gasteiger partial charge < -0.3 is 10.2 Å². The number of nitrogens with one attached hydrogen (secondary N) is 1. The smallest absolute Gasteiger partial charge is 0.147 e. The van der Waals surface area contributed by atoms with E-state index in [0.717, 1.165) is 32.5 Å². The topological polar surface area (TPSA) is 49.4 Å². The van der Waals surface area contributed by atoms with Crippen molar-refractivity contribution in [3.8, 4) is 0 Å². The Kier molecular flexibility index (Phi) is 6.60. The van der Waals surface area contributed by atoms with Gasteiger partial charge in [-0.05, 0) is 52.2 Å². The van der Waals surface area contributed by atoms with Crippen molar-refractivity contribution < 1.29 is 8.42 Å². The van der Waals surface area contributed by atoms with Gasteiger partial charge in [0.05, 0.1) is 5.75 Å². The summed E-state index contributed by atoms with van der Waals surface area (Å²) in [5, 5.41) is 3.65. The minimum Gasteiger partial charge on any atom is -0.311 e. The molecule has 1 N–H and O–H groups in total. The molecule has 0 spiro atoms. The fourth-order valence-corrected chi connectivity index (χ4v) is 3.14. The summed E-state index contributed by atoms with van der Waals surface area (Å²) in [6.45, 7) is 7.54. The van der Waals surface area contributed by atoms with Crippen LogP contribution in [0.2, 0.25) is 0 Å². The first-order chi connectivity index (χ1) is 8.40. The van der Waals surface area contributed by atoms with Crippen molar-refractivity contribution in [2.24, 2.45) is 0 Å². The molecule has 0 radical (unpaired) electrons. The number of nitrogens with zero attached hydrogens (tertiary/aromatic N) is 1. The van der Waals surface area contributed by atoms with E-state index < -0.39 is 9.84 Å². The quantitative estimate of drug-likeness (QED) is 0.822. The van der Waals surface area contributed by atoms with E-state index in [0.29, 0.717) is 17.8 Å². The van der Waals surface area contributed by atoms with Crippen molar-refractivity contribution in [2.75, 3.05) is 31.6 Å². The number of sulfone groups is 1. The van der Waals surface area contributed by atoms with Crippen LogP contribution in [0.4, 0.5) is 0 Å². The maximum atomic E-state index is 11.1. The molecule has 1 fully saturated rings. The van der Waals surface area contributed by atoms with Gasteiger partial charge in [-0.15, -0.1) is 0 Å². The summed E-state index contributed by atoms with van der Waals surface area (Å²) in [5.41, 5.74) is 0. The molecule has 2 atom stereocenters. The Balaban J connectivity index is 2.36. The minimum absolute atomic E-state index is 0.314. The summed E-state index contributed by atoms with van der Waals surface area (Å²) in [7, 11) is -2.81. The second-order valence-electron chi connectivity index (χ2n) is 5.58. The van der Waals surface area contributed by atoms with Gasteiger partial charge in [-0.1, -0.05) is 6.92 Å². The fraction of sp³-hybridized carbons (Fsp3) is 1.00. The van der Waals surface area contributed by atoms with Gasteiger partial charge in [-0.25, -0.2) is 8.42 Å². The van der Waals surface area contributed by atoms with E-state index >= 15 is 0 Å². The largest absolute Gasteiger partial charge is 0.311 e. The highest BCUT2D eigenvalue weighted by Crippen LogP contribution is 2.09. The van der Waals surface area contributed by atoms with Crippen LogP contribution >= 0.6 is 0 Å². The summed E-state index contributed by atoms with van der Waals surface area (Å²) in [5.74, 6) is 0.314. The molecule has 1 saturated heterocycles. The highest BCUT2D eigenvalue weighted by Gasteiger charge is 2.17. The average Bonchev–Trinajstić information content (AvgIpc) is 2.25. The van der Waals surface area contributed by atoms with Crippen LogP contribution in [0.5, 0.6) is 0 Å². The lowest BCUT2D eigenvalue weighted by Crippen LogP contribution is -2.44. The van der Waals surface area contributed by atoms with E-state index in [2.05, 4.69) is 24.1 Å². The Labute approximate surface area is 112 Å². The summed E-state index contributed by atoms with van der Waals surface area (Å²) >= 11 is 0. The molecule has 0 aliphatic carbocycles. The average molecular weight is 276 g/mol. The fourth-order valence-electron chi connectivity index (χ4n) is 2.49. The van der Waals surface area contributed by atoms with Gasteiger partial charge >= 0.3 is 0 Å². The van der Waals surface area contributed by atoms with E-state index in [4.69, 9.17) is 0 Å². The molecule has 18 heavy (non-hydrogen) atoms. The Bertz CT molecular complexity index is 330. The molecule has 0 aromatic heterocycles. The van der Waals surface area contributed by atoms with Crippen LogP contribution in [0, 0.1) is 0 Å². The molecule has 0 aromatic carbocycles. The minimum atomic E-state index is -2.81. The van der Waals surface area contributed by atoms with Crippen LogP contribution in [0.3, 0.4) is 0 Å². The number of rotatable bonds is 5. The molecule has 1 aliphatic rings. The molecule has 0 aromatic rings. The number of hydrogen-bond donors (Lipinski definition) is 1. The van der Waals surface area contributed by atoms with E-state index in [1.54, 1.807) is 0 Å². The molecular formula is C13H28N2O2S. The van der Waals surface area contributed by atoms with Gasteiger partial charge in [0.2, 0.25) is 0 Å². The van der Waals surface area contributed by atoms with Crippen molar-refractivity contribution in [1.29, 1.82) is 0 Å².